The molecule has 1 saturated heterocycles. The van der Waals surface area contributed by atoms with Gasteiger partial charge in [0.05, 0.1) is 11.0 Å². The lowest BCUT2D eigenvalue weighted by molar-refractivity contribution is -0.143. The Bertz CT molecular complexity index is 1160. The number of hydrogen-bond donors (Lipinski definition) is 2. The fraction of sp³-hybridized carbons (Fsp3) is 0.577. The number of piperidine rings is 1. The van der Waals surface area contributed by atoms with Crippen LogP contribution in [0.2, 0.25) is 0 Å². The highest BCUT2D eigenvalue weighted by molar-refractivity contribution is 5.88. The number of ether oxygens (including phenoxy) is 1. The van der Waals surface area contributed by atoms with Gasteiger partial charge in [0.25, 0.3) is 5.91 Å². The van der Waals surface area contributed by atoms with E-state index in [1.165, 1.54) is 0 Å². The van der Waals surface area contributed by atoms with E-state index in [0.717, 1.165) is 36.8 Å². The lowest BCUT2D eigenvalue weighted by atomic mass is 9.71. The van der Waals surface area contributed by atoms with E-state index in [0.29, 0.717) is 41.8 Å². The number of nitrogens with zero attached hydrogens (tertiary/aromatic N) is 1. The number of carbonyl (C=O) groups excluding carboxylic acids is 2. The van der Waals surface area contributed by atoms with Gasteiger partial charge in [0.15, 0.2) is 6.61 Å². The van der Waals surface area contributed by atoms with E-state index in [1.807, 2.05) is 24.8 Å². The second-order valence-corrected chi connectivity index (χ2v) is 9.80. The van der Waals surface area contributed by atoms with Crippen LogP contribution in [0.4, 0.5) is 0 Å². The van der Waals surface area contributed by atoms with E-state index in [2.05, 4.69) is 5.32 Å². The summed E-state index contributed by atoms with van der Waals surface area (Å²) < 4.78 is 11.2. The molecule has 1 aromatic carbocycles. The number of nitrogens with one attached hydrogen (secondary N) is 1. The van der Waals surface area contributed by atoms with E-state index in [9.17, 15) is 19.5 Å². The normalized spacial score (nSPS) is 22.4. The quantitative estimate of drug-likeness (QED) is 0.629. The molecule has 2 fully saturated rings. The second-order valence-electron chi connectivity index (χ2n) is 9.80. The first-order chi connectivity index (χ1) is 16.2. The number of carbonyl (C=O) groups is 2. The predicted molar refractivity (Wildman–Crippen MR) is 128 cm³/mol. The molecule has 184 valence electrons. The Balaban J connectivity index is 1.29. The van der Waals surface area contributed by atoms with E-state index >= 15 is 0 Å². The van der Waals surface area contributed by atoms with Gasteiger partial charge < -0.3 is 24.5 Å². The van der Waals surface area contributed by atoms with Gasteiger partial charge in [0.2, 0.25) is 5.91 Å². The standard InChI is InChI=1S/C26H34N2O6/c1-16-12-20(24-17(2)18(3)25(31)34-21(24)13-16)33-15-22(29)27-10-7-23(30)28-11-9-26(32)8-5-4-6-19(26)14-28/h12-13,19,32H,4-11,14-15H2,1-3H3,(H,27,29). The third-order valence-corrected chi connectivity index (χ3v) is 7.46. The number of fused-ring (bicyclic) bond motifs is 2. The van der Waals surface area contributed by atoms with Crippen LogP contribution in [0.1, 0.15) is 55.2 Å². The molecular formula is C26H34N2O6. The molecule has 1 aromatic heterocycles. The van der Waals surface area contributed by atoms with Gasteiger partial charge in [0.1, 0.15) is 11.3 Å². The number of hydrogen-bond acceptors (Lipinski definition) is 6. The lowest BCUT2D eigenvalue weighted by Gasteiger charge is -2.47. The van der Waals surface area contributed by atoms with E-state index in [1.54, 1.807) is 13.0 Å². The van der Waals surface area contributed by atoms with Crippen LogP contribution in [0.25, 0.3) is 11.0 Å². The van der Waals surface area contributed by atoms with Gasteiger partial charge in [-0.3, -0.25) is 9.59 Å². The van der Waals surface area contributed by atoms with Crippen molar-refractivity contribution in [1.82, 2.24) is 10.2 Å². The molecule has 2 heterocycles. The molecule has 2 N–H and O–H groups in total. The van der Waals surface area contributed by atoms with Crippen LogP contribution < -0.4 is 15.7 Å². The molecule has 1 saturated carbocycles. The first-order valence-corrected chi connectivity index (χ1v) is 12.1. The van der Waals surface area contributed by atoms with E-state index in [4.69, 9.17) is 9.15 Å². The SMILES string of the molecule is Cc1cc(OCC(=O)NCCC(=O)N2CCC3(O)CCCCC3C2)c2c(C)c(C)c(=O)oc2c1. The summed E-state index contributed by atoms with van der Waals surface area (Å²) in [6.07, 6.45) is 4.80. The monoisotopic (exact) mass is 470 g/mol. The van der Waals surface area contributed by atoms with Gasteiger partial charge in [-0.05, 0) is 63.3 Å². The van der Waals surface area contributed by atoms with Crippen molar-refractivity contribution in [3.8, 4) is 5.75 Å². The zero-order chi connectivity index (χ0) is 24.5. The average Bonchev–Trinajstić information content (AvgIpc) is 2.80. The van der Waals surface area contributed by atoms with Gasteiger partial charge in [-0.1, -0.05) is 12.8 Å². The lowest BCUT2D eigenvalue weighted by Crippen LogP contribution is -2.54. The average molecular weight is 471 g/mol. The molecule has 2 aromatic rings. The molecule has 0 radical (unpaired) electrons. The summed E-state index contributed by atoms with van der Waals surface area (Å²) >= 11 is 0. The minimum Gasteiger partial charge on any atom is -0.483 e. The molecule has 34 heavy (non-hydrogen) atoms. The highest BCUT2D eigenvalue weighted by Crippen LogP contribution is 2.39. The zero-order valence-electron chi connectivity index (χ0n) is 20.2. The molecule has 2 aliphatic rings. The molecule has 8 nitrogen and oxygen atoms in total. The zero-order valence-corrected chi connectivity index (χ0v) is 20.2. The Kier molecular flexibility index (Phi) is 6.98. The summed E-state index contributed by atoms with van der Waals surface area (Å²) in [7, 11) is 0. The number of aryl methyl sites for hydroxylation is 2. The summed E-state index contributed by atoms with van der Waals surface area (Å²) in [4.78, 5) is 38.8. The number of likely N-dealkylation sites (tertiary alicyclic amines) is 1. The predicted octanol–water partition coefficient (Wildman–Crippen LogP) is 2.76. The van der Waals surface area contributed by atoms with Crippen molar-refractivity contribution in [2.75, 3.05) is 26.2 Å². The van der Waals surface area contributed by atoms with Crippen LogP contribution in [0.5, 0.6) is 5.75 Å². The maximum atomic E-state index is 12.6. The minimum atomic E-state index is -0.611. The van der Waals surface area contributed by atoms with Gasteiger partial charge in [-0.15, -0.1) is 0 Å². The Hall–Kier alpha value is -2.87. The summed E-state index contributed by atoms with van der Waals surface area (Å²) in [5.74, 6) is 0.315. The fourth-order valence-electron chi connectivity index (χ4n) is 5.26. The van der Waals surface area contributed by atoms with Crippen LogP contribution in [-0.2, 0) is 9.59 Å². The van der Waals surface area contributed by atoms with Gasteiger partial charge >= 0.3 is 5.63 Å². The number of benzene rings is 1. The highest BCUT2D eigenvalue weighted by atomic mass is 16.5. The summed E-state index contributed by atoms with van der Waals surface area (Å²) in [5.41, 5.74) is 1.56. The number of amides is 2. The van der Waals surface area contributed by atoms with Crippen LogP contribution in [0, 0.1) is 26.7 Å². The van der Waals surface area contributed by atoms with Gasteiger partial charge in [-0.2, -0.15) is 0 Å². The van der Waals surface area contributed by atoms with Crippen molar-refractivity contribution < 1.29 is 23.8 Å². The molecule has 0 spiro atoms. The Morgan fingerprint density at radius 1 is 1.21 bits per heavy atom. The second kappa shape index (κ2) is 9.78. The molecule has 4 rings (SSSR count). The Labute approximate surface area is 199 Å². The highest BCUT2D eigenvalue weighted by Gasteiger charge is 2.43. The third kappa shape index (κ3) is 4.97. The van der Waals surface area contributed by atoms with Crippen LogP contribution >= 0.6 is 0 Å². The van der Waals surface area contributed by atoms with Gasteiger partial charge in [-0.25, -0.2) is 4.79 Å². The molecule has 2 atom stereocenters. The third-order valence-electron chi connectivity index (χ3n) is 7.46. The molecule has 8 heteroatoms. The molecule has 1 aliphatic heterocycles. The first-order valence-electron chi connectivity index (χ1n) is 12.1. The largest absolute Gasteiger partial charge is 0.483 e. The summed E-state index contributed by atoms with van der Waals surface area (Å²) in [6, 6.07) is 3.59. The molecular weight excluding hydrogens is 436 g/mol. The topological polar surface area (TPSA) is 109 Å². The molecule has 1 aliphatic carbocycles. The van der Waals surface area contributed by atoms with Crippen molar-refractivity contribution >= 4 is 22.8 Å². The number of aliphatic hydroxyl groups is 1. The maximum Gasteiger partial charge on any atom is 0.339 e. The van der Waals surface area contributed by atoms with Crippen molar-refractivity contribution in [3.05, 3.63) is 39.2 Å². The van der Waals surface area contributed by atoms with Gasteiger partial charge in [0, 0.05) is 37.5 Å². The van der Waals surface area contributed by atoms with Crippen molar-refractivity contribution in [2.24, 2.45) is 5.92 Å². The number of rotatable bonds is 6. The summed E-state index contributed by atoms with van der Waals surface area (Å²) in [6.45, 7) is 6.58. The van der Waals surface area contributed by atoms with Crippen LogP contribution in [0.3, 0.4) is 0 Å². The molecule has 0 bridgehead atoms. The van der Waals surface area contributed by atoms with E-state index in [-0.39, 0.29) is 42.9 Å². The fourth-order valence-corrected chi connectivity index (χ4v) is 5.26. The van der Waals surface area contributed by atoms with E-state index < -0.39 is 5.60 Å². The van der Waals surface area contributed by atoms with Crippen LogP contribution in [-0.4, -0.2) is 53.7 Å². The minimum absolute atomic E-state index is 0.000325. The van der Waals surface area contributed by atoms with Crippen molar-refractivity contribution in [1.29, 1.82) is 0 Å². The maximum absolute atomic E-state index is 12.6. The molecule has 2 unspecified atom stereocenters. The van der Waals surface area contributed by atoms with Crippen molar-refractivity contribution in [2.45, 2.75) is 64.9 Å². The first kappa shape index (κ1) is 24.3. The summed E-state index contributed by atoms with van der Waals surface area (Å²) in [5, 5.41) is 14.2. The smallest absolute Gasteiger partial charge is 0.339 e. The van der Waals surface area contributed by atoms with Crippen LogP contribution in [0.15, 0.2) is 21.3 Å². The molecule has 2 amide bonds. The Morgan fingerprint density at radius 2 is 2.00 bits per heavy atom. The van der Waals surface area contributed by atoms with Crippen molar-refractivity contribution in [3.63, 3.8) is 0 Å². The Morgan fingerprint density at radius 3 is 2.79 bits per heavy atom.